The molecule has 0 fully saturated rings. The molecule has 92 valence electrons. The maximum atomic E-state index is 11.5. The molecule has 1 rings (SSSR count). The average molecular weight is 272 g/mol. The third kappa shape index (κ3) is 3.50. The minimum Gasteiger partial charge on any atom is -0.465 e. The van der Waals surface area contributed by atoms with Gasteiger partial charge in [-0.05, 0) is 17.9 Å². The van der Waals surface area contributed by atoms with Gasteiger partial charge in [-0.3, -0.25) is 4.79 Å². The number of hydrogen-bond acceptors (Lipinski definition) is 5. The number of methoxy groups -OCH3 is 1. The number of anilines is 1. The minimum atomic E-state index is -0.478. The van der Waals surface area contributed by atoms with Crippen LogP contribution in [0.15, 0.2) is 5.38 Å². The lowest BCUT2D eigenvalue weighted by molar-refractivity contribution is -0.115. The molecular formula is C10H12N2O3S2. The van der Waals surface area contributed by atoms with E-state index in [2.05, 4.69) is 22.3 Å². The zero-order valence-corrected chi connectivity index (χ0v) is 11.0. The summed E-state index contributed by atoms with van der Waals surface area (Å²) in [7, 11) is 1.29. The summed E-state index contributed by atoms with van der Waals surface area (Å²) in [5.74, 6) is -0.821. The molecule has 0 atom stereocenters. The van der Waals surface area contributed by atoms with Crippen LogP contribution < -0.4 is 11.1 Å². The van der Waals surface area contributed by atoms with Gasteiger partial charge in [0, 0.05) is 0 Å². The molecule has 0 aliphatic rings. The first-order valence-corrected chi connectivity index (χ1v) is 5.99. The van der Waals surface area contributed by atoms with Crippen LogP contribution in [0.5, 0.6) is 0 Å². The van der Waals surface area contributed by atoms with Crippen LogP contribution in [0.2, 0.25) is 0 Å². The van der Waals surface area contributed by atoms with Crippen LogP contribution in [0.1, 0.15) is 21.7 Å². The molecular weight excluding hydrogens is 260 g/mol. The van der Waals surface area contributed by atoms with Crippen LogP contribution in [0, 0.1) is 6.92 Å². The smallest absolute Gasteiger partial charge is 0.350 e. The number of rotatable bonds is 4. The number of esters is 1. The summed E-state index contributed by atoms with van der Waals surface area (Å²) in [6.07, 6.45) is -0.0504. The summed E-state index contributed by atoms with van der Waals surface area (Å²) in [6.45, 7) is 1.79. The second-order valence-electron chi connectivity index (χ2n) is 3.31. The Balaban J connectivity index is 2.90. The molecule has 0 unspecified atom stereocenters. The Labute approximate surface area is 108 Å². The predicted molar refractivity (Wildman–Crippen MR) is 70.4 cm³/mol. The number of nitrogens with one attached hydrogen (secondary N) is 1. The van der Waals surface area contributed by atoms with Crippen molar-refractivity contribution in [2.24, 2.45) is 5.73 Å². The second-order valence-corrected chi connectivity index (χ2v) is 4.71. The van der Waals surface area contributed by atoms with E-state index in [0.29, 0.717) is 10.6 Å². The summed E-state index contributed by atoms with van der Waals surface area (Å²) in [5, 5.41) is 4.38. The van der Waals surface area contributed by atoms with Gasteiger partial charge in [0.05, 0.1) is 24.2 Å². The number of hydrogen-bond donors (Lipinski definition) is 2. The molecule has 0 radical (unpaired) electrons. The quantitative estimate of drug-likeness (QED) is 0.640. The molecule has 3 N–H and O–H groups in total. The maximum absolute atomic E-state index is 11.5. The summed E-state index contributed by atoms with van der Waals surface area (Å²) < 4.78 is 4.62. The highest BCUT2D eigenvalue weighted by molar-refractivity contribution is 7.80. The summed E-state index contributed by atoms with van der Waals surface area (Å²) >= 11 is 5.85. The van der Waals surface area contributed by atoms with Crippen molar-refractivity contribution in [1.82, 2.24) is 0 Å². The summed E-state index contributed by atoms with van der Waals surface area (Å²) in [4.78, 5) is 23.4. The van der Waals surface area contributed by atoms with Crippen molar-refractivity contribution in [1.29, 1.82) is 0 Å². The molecule has 0 saturated carbocycles. The standard InChI is InChI=1S/C10H12N2O3S2/c1-5-4-17-9(10(14)15-2)8(5)12-7(13)3-6(11)16/h4H,3H2,1-2H3,(H2,11,16)(H,12,13). The monoisotopic (exact) mass is 272 g/mol. The number of ether oxygens (including phenoxy) is 1. The molecule has 0 aromatic carbocycles. The number of aryl methyl sites for hydroxylation is 1. The number of nitrogens with two attached hydrogens (primary N) is 1. The van der Waals surface area contributed by atoms with E-state index in [1.807, 2.05) is 0 Å². The van der Waals surface area contributed by atoms with E-state index in [9.17, 15) is 9.59 Å². The third-order valence-corrected chi connectivity index (χ3v) is 3.17. The van der Waals surface area contributed by atoms with Crippen LogP contribution in [0.3, 0.4) is 0 Å². The Morgan fingerprint density at radius 2 is 2.24 bits per heavy atom. The number of carbonyl (C=O) groups excluding carboxylic acids is 2. The van der Waals surface area contributed by atoms with Gasteiger partial charge in [-0.25, -0.2) is 4.79 Å². The van der Waals surface area contributed by atoms with Crippen molar-refractivity contribution in [3.63, 3.8) is 0 Å². The number of thiophene rings is 1. The minimum absolute atomic E-state index is 0.0504. The Hall–Kier alpha value is -1.47. The van der Waals surface area contributed by atoms with E-state index in [-0.39, 0.29) is 17.3 Å². The molecule has 0 aliphatic heterocycles. The number of amides is 1. The zero-order chi connectivity index (χ0) is 13.0. The highest BCUT2D eigenvalue weighted by Gasteiger charge is 2.18. The van der Waals surface area contributed by atoms with Crippen molar-refractivity contribution >= 4 is 46.1 Å². The molecule has 1 aromatic rings. The van der Waals surface area contributed by atoms with Crippen LogP contribution in [0.4, 0.5) is 5.69 Å². The lowest BCUT2D eigenvalue weighted by Gasteiger charge is -2.06. The number of carbonyl (C=O) groups is 2. The Bertz CT molecular complexity index is 468. The lowest BCUT2D eigenvalue weighted by atomic mass is 10.2. The summed E-state index contributed by atoms with van der Waals surface area (Å²) in [6, 6.07) is 0. The largest absolute Gasteiger partial charge is 0.465 e. The van der Waals surface area contributed by atoms with Crippen molar-refractivity contribution in [3.05, 3.63) is 15.8 Å². The van der Waals surface area contributed by atoms with Crippen molar-refractivity contribution in [2.45, 2.75) is 13.3 Å². The summed E-state index contributed by atoms with van der Waals surface area (Å²) in [5.41, 5.74) is 6.53. The van der Waals surface area contributed by atoms with Gasteiger partial charge in [0.1, 0.15) is 4.88 Å². The fourth-order valence-corrected chi connectivity index (χ4v) is 2.24. The molecule has 1 aromatic heterocycles. The van der Waals surface area contributed by atoms with Gasteiger partial charge in [0.2, 0.25) is 5.91 Å². The normalized spacial score (nSPS) is 9.76. The maximum Gasteiger partial charge on any atom is 0.350 e. The van der Waals surface area contributed by atoms with Gasteiger partial charge in [-0.2, -0.15) is 0 Å². The first-order chi connectivity index (χ1) is 7.95. The Kier molecular flexibility index (Phi) is 4.59. The van der Waals surface area contributed by atoms with Gasteiger partial charge in [0.25, 0.3) is 0 Å². The van der Waals surface area contributed by atoms with Gasteiger partial charge < -0.3 is 15.8 Å². The van der Waals surface area contributed by atoms with Crippen LogP contribution in [0.25, 0.3) is 0 Å². The second kappa shape index (κ2) is 5.74. The SMILES string of the molecule is COC(=O)c1scc(C)c1NC(=O)CC(N)=S. The third-order valence-electron chi connectivity index (χ3n) is 1.94. The van der Waals surface area contributed by atoms with E-state index in [4.69, 9.17) is 5.73 Å². The van der Waals surface area contributed by atoms with Gasteiger partial charge in [-0.1, -0.05) is 12.2 Å². The fraction of sp³-hybridized carbons (Fsp3) is 0.300. The molecule has 1 heterocycles. The van der Waals surface area contributed by atoms with Crippen LogP contribution >= 0.6 is 23.6 Å². The van der Waals surface area contributed by atoms with Crippen molar-refractivity contribution < 1.29 is 14.3 Å². The van der Waals surface area contributed by atoms with Gasteiger partial charge in [-0.15, -0.1) is 11.3 Å². The van der Waals surface area contributed by atoms with Crippen LogP contribution in [-0.4, -0.2) is 24.0 Å². The highest BCUT2D eigenvalue weighted by atomic mass is 32.1. The van der Waals surface area contributed by atoms with E-state index >= 15 is 0 Å². The van der Waals surface area contributed by atoms with E-state index in [0.717, 1.165) is 5.56 Å². The average Bonchev–Trinajstić information content (AvgIpc) is 2.58. The van der Waals surface area contributed by atoms with E-state index in [1.54, 1.807) is 12.3 Å². The van der Waals surface area contributed by atoms with Crippen molar-refractivity contribution in [2.75, 3.05) is 12.4 Å². The van der Waals surface area contributed by atoms with E-state index in [1.165, 1.54) is 18.4 Å². The number of thiocarbonyl (C=S) groups is 1. The Morgan fingerprint density at radius 1 is 1.59 bits per heavy atom. The molecule has 0 bridgehead atoms. The fourth-order valence-electron chi connectivity index (χ4n) is 1.18. The molecule has 7 heteroatoms. The lowest BCUT2D eigenvalue weighted by Crippen LogP contribution is -2.21. The first-order valence-electron chi connectivity index (χ1n) is 4.70. The first kappa shape index (κ1) is 13.6. The Morgan fingerprint density at radius 3 is 2.76 bits per heavy atom. The predicted octanol–water partition coefficient (Wildman–Crippen LogP) is 1.46. The van der Waals surface area contributed by atoms with Crippen LogP contribution in [-0.2, 0) is 9.53 Å². The molecule has 0 saturated heterocycles. The van der Waals surface area contributed by atoms with Crippen molar-refractivity contribution in [3.8, 4) is 0 Å². The van der Waals surface area contributed by atoms with E-state index < -0.39 is 5.97 Å². The molecule has 1 amide bonds. The molecule has 17 heavy (non-hydrogen) atoms. The highest BCUT2D eigenvalue weighted by Crippen LogP contribution is 2.28. The zero-order valence-electron chi connectivity index (χ0n) is 9.40. The van der Waals surface area contributed by atoms with Gasteiger partial charge in [0.15, 0.2) is 0 Å². The topological polar surface area (TPSA) is 81.4 Å². The molecule has 5 nitrogen and oxygen atoms in total. The van der Waals surface area contributed by atoms with Gasteiger partial charge >= 0.3 is 5.97 Å². The molecule has 0 aliphatic carbocycles. The molecule has 0 spiro atoms.